The molecule has 0 amide bonds. The summed E-state index contributed by atoms with van der Waals surface area (Å²) in [6.07, 6.45) is 0. The van der Waals surface area contributed by atoms with Crippen LogP contribution >= 0.6 is 0 Å². The molecule has 0 saturated carbocycles. The zero-order valence-corrected chi connectivity index (χ0v) is 41.3. The normalized spacial score (nSPS) is 12.8. The van der Waals surface area contributed by atoms with Crippen molar-refractivity contribution >= 4 is 65.4 Å². The number of fused-ring (bicyclic) bond motifs is 12. The highest BCUT2D eigenvalue weighted by Crippen LogP contribution is 2.58. The minimum absolute atomic E-state index is 0.681. The highest BCUT2D eigenvalue weighted by atomic mass is 15.0. The Bertz CT molecular complexity index is 4470. The van der Waals surface area contributed by atoms with Crippen molar-refractivity contribution in [3.05, 3.63) is 301 Å². The third-order valence-electron chi connectivity index (χ3n) is 16.3. The maximum absolute atomic E-state index is 5.31. The first kappa shape index (κ1) is 42.5. The highest BCUT2D eigenvalue weighted by molar-refractivity contribution is 6.13. The lowest BCUT2D eigenvalue weighted by Crippen LogP contribution is -2.28. The Hall–Kier alpha value is -10.0. The summed E-state index contributed by atoms with van der Waals surface area (Å²) in [5, 5.41) is 7.42. The monoisotopic (exact) mass is 966 g/mol. The maximum Gasteiger partial charge on any atom is 0.0730 e. The number of nitrogens with zero attached hydrogens (tertiary/aromatic N) is 4. The van der Waals surface area contributed by atoms with E-state index in [1.807, 2.05) is 0 Å². The molecule has 0 radical (unpaired) electrons. The summed E-state index contributed by atoms with van der Waals surface area (Å²) in [6, 6.07) is 103. The minimum atomic E-state index is -0.681. The van der Waals surface area contributed by atoms with Crippen molar-refractivity contribution in [3.8, 4) is 50.7 Å². The van der Waals surface area contributed by atoms with Gasteiger partial charge in [0.2, 0.25) is 0 Å². The third-order valence-corrected chi connectivity index (χ3v) is 16.3. The summed E-state index contributed by atoms with van der Waals surface area (Å²) < 4.78 is 7.30. The molecular weight excluding hydrogens is 921 g/mol. The lowest BCUT2D eigenvalue weighted by molar-refractivity contribution is 0.768. The van der Waals surface area contributed by atoms with E-state index < -0.39 is 5.41 Å². The number of hydrogen-bond acceptors (Lipinski definition) is 1. The molecule has 0 aliphatic heterocycles. The molecular formula is C72H46N4. The SMILES string of the molecule is c1ccc(-c2cc(-n3c4ccccc4c4cc5c(cc43)-c3ccccc3C5(c3ccc(-n4c5ccccc5c5ccccc54)cc3)c3ccc(-n4c5ccccc5c5ccccc54)cc3)cc(-c3ccccc3)n2)cc1. The van der Waals surface area contributed by atoms with Gasteiger partial charge in [0, 0.05) is 54.8 Å². The molecule has 11 aromatic carbocycles. The van der Waals surface area contributed by atoms with E-state index in [4.69, 9.17) is 4.98 Å². The molecule has 16 rings (SSSR count). The van der Waals surface area contributed by atoms with Crippen molar-refractivity contribution in [1.29, 1.82) is 0 Å². The quantitative estimate of drug-likeness (QED) is 0.156. The fourth-order valence-electron chi connectivity index (χ4n) is 13.1. The van der Waals surface area contributed by atoms with E-state index in [-0.39, 0.29) is 0 Å². The molecule has 0 atom stereocenters. The molecule has 0 saturated heterocycles. The van der Waals surface area contributed by atoms with Crippen LogP contribution in [0.25, 0.3) is 116 Å². The van der Waals surface area contributed by atoms with Gasteiger partial charge in [0.1, 0.15) is 0 Å². The van der Waals surface area contributed by atoms with Gasteiger partial charge in [-0.3, -0.25) is 0 Å². The van der Waals surface area contributed by atoms with Gasteiger partial charge in [0.05, 0.1) is 55.6 Å². The van der Waals surface area contributed by atoms with Gasteiger partial charge in [-0.15, -0.1) is 0 Å². The molecule has 15 aromatic rings. The zero-order chi connectivity index (χ0) is 49.9. The molecule has 0 unspecified atom stereocenters. The topological polar surface area (TPSA) is 27.7 Å². The molecule has 4 heteroatoms. The maximum atomic E-state index is 5.31. The van der Waals surface area contributed by atoms with E-state index in [0.29, 0.717) is 0 Å². The molecule has 354 valence electrons. The Kier molecular flexibility index (Phi) is 9.22. The second-order valence-electron chi connectivity index (χ2n) is 20.2. The van der Waals surface area contributed by atoms with Crippen LogP contribution in [-0.4, -0.2) is 18.7 Å². The second kappa shape index (κ2) is 16.5. The summed E-state index contributed by atoms with van der Waals surface area (Å²) >= 11 is 0. The molecule has 0 N–H and O–H groups in total. The van der Waals surface area contributed by atoms with Crippen molar-refractivity contribution in [2.24, 2.45) is 0 Å². The van der Waals surface area contributed by atoms with Crippen LogP contribution in [0, 0.1) is 0 Å². The number of hydrogen-bond donors (Lipinski definition) is 0. The number of aromatic nitrogens is 4. The van der Waals surface area contributed by atoms with E-state index in [1.54, 1.807) is 0 Å². The van der Waals surface area contributed by atoms with Crippen LogP contribution in [0.5, 0.6) is 0 Å². The number of rotatable bonds is 7. The lowest BCUT2D eigenvalue weighted by atomic mass is 9.67. The van der Waals surface area contributed by atoms with E-state index in [1.165, 1.54) is 87.8 Å². The van der Waals surface area contributed by atoms with Gasteiger partial charge in [-0.2, -0.15) is 0 Å². The van der Waals surface area contributed by atoms with Crippen LogP contribution in [0.1, 0.15) is 22.3 Å². The van der Waals surface area contributed by atoms with Gasteiger partial charge in [0.25, 0.3) is 0 Å². The van der Waals surface area contributed by atoms with Crippen molar-refractivity contribution in [1.82, 2.24) is 18.7 Å². The van der Waals surface area contributed by atoms with Gasteiger partial charge in [-0.05, 0) is 112 Å². The standard InChI is InChI=1S/C72H46N4/c1-3-19-47(20-4-1)64-43-53(44-65(73-64)48-21-5-2-6-22-48)76-70-34-18-12-28-59(70)61-45-63-60(46-71(61)76)54-23-7-13-29-62(54)72(63,49-35-39-51(40-36-49)74-66-30-14-8-24-55(66)56-25-9-15-31-67(56)74)50-37-41-52(42-38-50)75-68-32-16-10-26-57(68)58-27-11-17-33-69(58)75/h1-46H. The third kappa shape index (κ3) is 6.10. The average Bonchev–Trinajstić information content (AvgIpc) is 4.37. The van der Waals surface area contributed by atoms with Gasteiger partial charge >= 0.3 is 0 Å². The molecule has 0 spiro atoms. The van der Waals surface area contributed by atoms with E-state index in [2.05, 4.69) is 293 Å². The predicted molar refractivity (Wildman–Crippen MR) is 315 cm³/mol. The molecule has 4 nitrogen and oxygen atoms in total. The first-order valence-corrected chi connectivity index (χ1v) is 26.2. The largest absolute Gasteiger partial charge is 0.309 e. The van der Waals surface area contributed by atoms with Crippen LogP contribution in [0.2, 0.25) is 0 Å². The van der Waals surface area contributed by atoms with Crippen LogP contribution in [0.3, 0.4) is 0 Å². The molecule has 4 heterocycles. The lowest BCUT2D eigenvalue weighted by Gasteiger charge is -2.34. The Morgan fingerprint density at radius 3 is 1.07 bits per heavy atom. The number of para-hydroxylation sites is 5. The van der Waals surface area contributed by atoms with Crippen molar-refractivity contribution in [2.45, 2.75) is 5.41 Å². The number of benzene rings is 11. The second-order valence-corrected chi connectivity index (χ2v) is 20.2. The average molecular weight is 967 g/mol. The van der Waals surface area contributed by atoms with E-state index >= 15 is 0 Å². The summed E-state index contributed by atoms with van der Waals surface area (Å²) in [4.78, 5) is 5.31. The molecule has 4 aromatic heterocycles. The van der Waals surface area contributed by atoms with Gasteiger partial charge in [-0.1, -0.05) is 200 Å². The fourth-order valence-corrected chi connectivity index (χ4v) is 13.1. The minimum Gasteiger partial charge on any atom is -0.309 e. The zero-order valence-electron chi connectivity index (χ0n) is 41.3. The molecule has 1 aliphatic carbocycles. The Morgan fingerprint density at radius 1 is 0.250 bits per heavy atom. The van der Waals surface area contributed by atoms with E-state index in [0.717, 1.165) is 50.6 Å². The van der Waals surface area contributed by atoms with Crippen LogP contribution in [-0.2, 0) is 5.41 Å². The van der Waals surface area contributed by atoms with Crippen LogP contribution in [0.15, 0.2) is 279 Å². The predicted octanol–water partition coefficient (Wildman–Crippen LogP) is 18.1. The smallest absolute Gasteiger partial charge is 0.0730 e. The number of pyridine rings is 1. The summed E-state index contributed by atoms with van der Waals surface area (Å²) in [5.41, 5.74) is 21.2. The summed E-state index contributed by atoms with van der Waals surface area (Å²) in [7, 11) is 0. The Labute approximate surface area is 439 Å². The van der Waals surface area contributed by atoms with Gasteiger partial charge < -0.3 is 13.7 Å². The molecule has 0 fully saturated rings. The van der Waals surface area contributed by atoms with Crippen LogP contribution in [0.4, 0.5) is 0 Å². The van der Waals surface area contributed by atoms with Crippen molar-refractivity contribution in [2.75, 3.05) is 0 Å². The molecule has 76 heavy (non-hydrogen) atoms. The summed E-state index contributed by atoms with van der Waals surface area (Å²) in [6.45, 7) is 0. The Morgan fingerprint density at radius 2 is 0.618 bits per heavy atom. The highest BCUT2D eigenvalue weighted by Gasteiger charge is 2.46. The first-order chi connectivity index (χ1) is 37.7. The first-order valence-electron chi connectivity index (χ1n) is 26.2. The van der Waals surface area contributed by atoms with Gasteiger partial charge in [0.15, 0.2) is 0 Å². The molecule has 0 bridgehead atoms. The van der Waals surface area contributed by atoms with E-state index in [9.17, 15) is 0 Å². The van der Waals surface area contributed by atoms with Gasteiger partial charge in [-0.25, -0.2) is 4.98 Å². The Balaban J connectivity index is 0.961. The van der Waals surface area contributed by atoms with Crippen LogP contribution < -0.4 is 0 Å². The molecule has 1 aliphatic rings. The van der Waals surface area contributed by atoms with Crippen molar-refractivity contribution < 1.29 is 0 Å². The summed E-state index contributed by atoms with van der Waals surface area (Å²) in [5.74, 6) is 0. The fraction of sp³-hybridized carbons (Fsp3) is 0.0139. The van der Waals surface area contributed by atoms with Crippen molar-refractivity contribution in [3.63, 3.8) is 0 Å².